The van der Waals surface area contributed by atoms with Crippen molar-refractivity contribution in [1.82, 2.24) is 29.7 Å². The molecule has 1 aliphatic rings. The predicted octanol–water partition coefficient (Wildman–Crippen LogP) is 2.54. The smallest absolute Gasteiger partial charge is 0.355 e. The van der Waals surface area contributed by atoms with E-state index in [1.54, 1.807) is 13.8 Å². The quantitative estimate of drug-likeness (QED) is 0.483. The molecule has 0 unspecified atom stereocenters. The summed E-state index contributed by atoms with van der Waals surface area (Å²) in [6, 6.07) is 3.84. The van der Waals surface area contributed by atoms with Gasteiger partial charge in [-0.3, -0.25) is 9.78 Å². The van der Waals surface area contributed by atoms with Crippen LogP contribution < -0.4 is 5.32 Å². The van der Waals surface area contributed by atoms with Crippen molar-refractivity contribution in [1.29, 1.82) is 0 Å². The van der Waals surface area contributed by atoms with E-state index >= 15 is 0 Å². The van der Waals surface area contributed by atoms with Crippen LogP contribution in [0.15, 0.2) is 30.6 Å². The molecular weight excluding hydrogens is 436 g/mol. The van der Waals surface area contributed by atoms with Gasteiger partial charge in [-0.1, -0.05) is 0 Å². The number of carbonyl (C=O) groups excluding carboxylic acids is 1. The molecule has 33 heavy (non-hydrogen) atoms. The fourth-order valence-corrected chi connectivity index (χ4v) is 3.77. The van der Waals surface area contributed by atoms with Crippen molar-refractivity contribution in [3.8, 4) is 11.5 Å². The van der Waals surface area contributed by atoms with Crippen molar-refractivity contribution < 1.29 is 23.5 Å². The molecule has 12 heteroatoms. The zero-order valence-electron chi connectivity index (χ0n) is 17.3. The number of amides is 1. The lowest BCUT2D eigenvalue weighted by atomic mass is 9.85. The van der Waals surface area contributed by atoms with Gasteiger partial charge in [0.05, 0.1) is 29.2 Å². The van der Waals surface area contributed by atoms with Crippen molar-refractivity contribution in [3.05, 3.63) is 59.2 Å². The first-order valence-electron chi connectivity index (χ1n) is 9.76. The van der Waals surface area contributed by atoms with Gasteiger partial charge in [-0.05, 0) is 32.0 Å². The van der Waals surface area contributed by atoms with E-state index in [0.717, 1.165) is 12.3 Å². The van der Waals surface area contributed by atoms with Gasteiger partial charge >= 0.3 is 5.97 Å². The highest BCUT2D eigenvalue weighted by Crippen LogP contribution is 2.39. The molecule has 0 aliphatic carbocycles. The van der Waals surface area contributed by atoms with Crippen LogP contribution in [0.5, 0.6) is 0 Å². The molecule has 0 atom stereocenters. The lowest BCUT2D eigenvalue weighted by Gasteiger charge is -2.16. The molecule has 0 spiro atoms. The van der Waals surface area contributed by atoms with Gasteiger partial charge in [-0.25, -0.2) is 33.2 Å². The standard InChI is InChI=1S/C21H15F2N7O3/c1-21(2)13-15(19(31)32)26-17(27-16(13)28-20(21)33)14-10-6-9(22)7-25-18(10)30(29-14)8-12-11(23)4-3-5-24-12/h3-7H,8H2,1-2H3,(H,31,32)(H,26,27,28,33). The lowest BCUT2D eigenvalue weighted by molar-refractivity contribution is -0.119. The number of anilines is 1. The van der Waals surface area contributed by atoms with Crippen LogP contribution in [0.3, 0.4) is 0 Å². The number of pyridine rings is 2. The summed E-state index contributed by atoms with van der Waals surface area (Å²) in [6.07, 6.45) is 2.40. The third kappa shape index (κ3) is 3.18. The second-order valence-electron chi connectivity index (χ2n) is 7.97. The Morgan fingerprint density at radius 2 is 2.03 bits per heavy atom. The summed E-state index contributed by atoms with van der Waals surface area (Å²) in [5, 5.41) is 16.9. The fourth-order valence-electron chi connectivity index (χ4n) is 3.77. The topological polar surface area (TPSA) is 136 Å². The summed E-state index contributed by atoms with van der Waals surface area (Å²) in [4.78, 5) is 40.8. The Morgan fingerprint density at radius 3 is 2.76 bits per heavy atom. The number of rotatable bonds is 4. The van der Waals surface area contributed by atoms with Gasteiger partial charge in [-0.15, -0.1) is 0 Å². The SMILES string of the molecule is CC1(C)C(=O)Nc2nc(-c3nn(Cc4ncccc4F)c4ncc(F)cc34)nc(C(=O)O)c21. The average Bonchev–Trinajstić information content (AvgIpc) is 3.22. The number of halogens is 2. The Morgan fingerprint density at radius 1 is 1.24 bits per heavy atom. The molecule has 0 fully saturated rings. The number of nitrogens with zero attached hydrogens (tertiary/aromatic N) is 6. The molecule has 0 saturated heterocycles. The molecule has 4 aromatic heterocycles. The number of aromatic nitrogens is 6. The first kappa shape index (κ1) is 20.5. The molecule has 5 heterocycles. The molecule has 0 radical (unpaired) electrons. The Bertz CT molecular complexity index is 1480. The number of carbonyl (C=O) groups is 2. The first-order chi connectivity index (χ1) is 15.7. The Balaban J connectivity index is 1.73. The van der Waals surface area contributed by atoms with E-state index in [-0.39, 0.29) is 51.9 Å². The normalized spacial score (nSPS) is 14.4. The maximum absolute atomic E-state index is 14.2. The summed E-state index contributed by atoms with van der Waals surface area (Å²) in [5.41, 5.74) is -1.09. The molecule has 1 aliphatic heterocycles. The Labute approximate surface area is 184 Å². The minimum Gasteiger partial charge on any atom is -0.476 e. The summed E-state index contributed by atoms with van der Waals surface area (Å²) in [7, 11) is 0. The van der Waals surface area contributed by atoms with Gasteiger partial charge < -0.3 is 10.4 Å². The van der Waals surface area contributed by atoms with Crippen molar-refractivity contribution in [2.75, 3.05) is 5.32 Å². The van der Waals surface area contributed by atoms with Crippen molar-refractivity contribution in [2.24, 2.45) is 0 Å². The Kier molecular flexibility index (Phi) is 4.41. The largest absolute Gasteiger partial charge is 0.476 e. The molecule has 0 aromatic carbocycles. The van der Waals surface area contributed by atoms with Crippen LogP contribution in [0.2, 0.25) is 0 Å². The summed E-state index contributed by atoms with van der Waals surface area (Å²) in [5.74, 6) is -3.13. The third-order valence-electron chi connectivity index (χ3n) is 5.44. The lowest BCUT2D eigenvalue weighted by Crippen LogP contribution is -2.28. The van der Waals surface area contributed by atoms with E-state index in [1.165, 1.54) is 23.0 Å². The molecule has 1 amide bonds. The fraction of sp³-hybridized carbons (Fsp3) is 0.190. The second kappa shape index (κ2) is 7.08. The van der Waals surface area contributed by atoms with E-state index < -0.39 is 28.9 Å². The minimum absolute atomic E-state index is 0.0256. The molecule has 0 bridgehead atoms. The number of carboxylic acids is 1. The molecular formula is C21H15F2N7O3. The number of nitrogens with one attached hydrogen (secondary N) is 1. The molecule has 166 valence electrons. The maximum atomic E-state index is 14.2. The van der Waals surface area contributed by atoms with Gasteiger partial charge in [-0.2, -0.15) is 5.10 Å². The van der Waals surface area contributed by atoms with Crippen LogP contribution in [0.4, 0.5) is 14.6 Å². The third-order valence-corrected chi connectivity index (χ3v) is 5.44. The second-order valence-corrected chi connectivity index (χ2v) is 7.97. The van der Waals surface area contributed by atoms with Gasteiger partial charge in [0.2, 0.25) is 5.91 Å². The summed E-state index contributed by atoms with van der Waals surface area (Å²) < 4.78 is 29.5. The van der Waals surface area contributed by atoms with Crippen LogP contribution in [0.1, 0.15) is 35.6 Å². The number of hydrogen-bond acceptors (Lipinski definition) is 7. The van der Waals surface area contributed by atoms with Crippen molar-refractivity contribution >= 4 is 28.7 Å². The van der Waals surface area contributed by atoms with Gasteiger partial charge in [0.1, 0.15) is 23.1 Å². The molecule has 4 aromatic rings. The zero-order chi connectivity index (χ0) is 23.5. The average molecular weight is 451 g/mol. The van der Waals surface area contributed by atoms with Crippen LogP contribution in [-0.2, 0) is 16.8 Å². The molecule has 0 saturated carbocycles. The monoisotopic (exact) mass is 451 g/mol. The van der Waals surface area contributed by atoms with Crippen LogP contribution >= 0.6 is 0 Å². The Hall–Kier alpha value is -4.35. The van der Waals surface area contributed by atoms with E-state index in [2.05, 4.69) is 30.4 Å². The van der Waals surface area contributed by atoms with Crippen molar-refractivity contribution in [2.45, 2.75) is 25.8 Å². The maximum Gasteiger partial charge on any atom is 0.355 e. The highest BCUT2D eigenvalue weighted by Gasteiger charge is 2.44. The molecule has 10 nitrogen and oxygen atoms in total. The van der Waals surface area contributed by atoms with Crippen molar-refractivity contribution in [3.63, 3.8) is 0 Å². The molecule has 2 N–H and O–H groups in total. The van der Waals surface area contributed by atoms with Crippen LogP contribution in [-0.4, -0.2) is 46.7 Å². The van der Waals surface area contributed by atoms with Crippen LogP contribution in [0, 0.1) is 11.6 Å². The van der Waals surface area contributed by atoms with Gasteiger partial charge in [0.25, 0.3) is 0 Å². The molecule has 5 rings (SSSR count). The number of carboxylic acid groups (broad SMARTS) is 1. The summed E-state index contributed by atoms with van der Waals surface area (Å²) in [6.45, 7) is 3.01. The van der Waals surface area contributed by atoms with E-state index in [4.69, 9.17) is 0 Å². The number of aromatic carboxylic acids is 1. The highest BCUT2D eigenvalue weighted by atomic mass is 19.1. The van der Waals surface area contributed by atoms with E-state index in [1.807, 2.05) is 0 Å². The van der Waals surface area contributed by atoms with Gasteiger partial charge in [0, 0.05) is 11.8 Å². The number of hydrogen-bond donors (Lipinski definition) is 2. The minimum atomic E-state index is -1.36. The highest BCUT2D eigenvalue weighted by molar-refractivity contribution is 6.08. The zero-order valence-corrected chi connectivity index (χ0v) is 17.3. The summed E-state index contributed by atoms with van der Waals surface area (Å²) >= 11 is 0. The van der Waals surface area contributed by atoms with Crippen LogP contribution in [0.25, 0.3) is 22.6 Å². The number of fused-ring (bicyclic) bond motifs is 2. The van der Waals surface area contributed by atoms with E-state index in [0.29, 0.717) is 0 Å². The first-order valence-corrected chi connectivity index (χ1v) is 9.76. The van der Waals surface area contributed by atoms with Gasteiger partial charge in [0.15, 0.2) is 17.2 Å². The predicted molar refractivity (Wildman–Crippen MR) is 110 cm³/mol. The van der Waals surface area contributed by atoms with E-state index in [9.17, 15) is 23.5 Å².